The zero-order valence-electron chi connectivity index (χ0n) is 25.8. The number of rotatable bonds is 11. The van der Waals surface area contributed by atoms with E-state index >= 15 is 4.39 Å². The topological polar surface area (TPSA) is 160 Å². The highest BCUT2D eigenvalue weighted by atomic mass is 32.1. The van der Waals surface area contributed by atoms with Crippen molar-refractivity contribution in [2.75, 3.05) is 18.1 Å². The largest absolute Gasteiger partial charge is 0.485 e. The third-order valence-electron chi connectivity index (χ3n) is 7.16. The molecule has 0 unspecified atom stereocenters. The summed E-state index contributed by atoms with van der Waals surface area (Å²) >= 11 is 1.35. The number of pyridine rings is 1. The van der Waals surface area contributed by atoms with Gasteiger partial charge in [0.05, 0.1) is 58.1 Å². The number of carboxylic acid groups (broad SMARTS) is 1. The maximum atomic E-state index is 15.3. The van der Waals surface area contributed by atoms with E-state index in [1.54, 1.807) is 26.1 Å². The van der Waals surface area contributed by atoms with Gasteiger partial charge in [-0.15, -0.1) is 11.3 Å². The highest BCUT2D eigenvalue weighted by Crippen LogP contribution is 2.37. The number of nitrogens with one attached hydrogen (secondary N) is 1. The smallest absolute Gasteiger partial charge is 0.412 e. The first kappa shape index (κ1) is 32.4. The number of aryl methyl sites for hydroxylation is 1. The molecule has 0 aliphatic heterocycles. The third-order valence-corrected chi connectivity index (χ3v) is 8.21. The van der Waals surface area contributed by atoms with Gasteiger partial charge < -0.3 is 25.0 Å². The van der Waals surface area contributed by atoms with Crippen LogP contribution in [0.5, 0.6) is 11.6 Å². The number of thiazole rings is 1. The summed E-state index contributed by atoms with van der Waals surface area (Å²) in [6.45, 7) is 9.14. The number of carbonyl (C=O) groups excluding carboxylic acids is 1. The minimum atomic E-state index is -1.28. The van der Waals surface area contributed by atoms with Crippen LogP contribution in [-0.4, -0.2) is 73.6 Å². The standard InChI is InChI=1S/C32H33FN6O6S/c1-6-44-28-15-35-29-21(9-16(2)10-25(29)37-28)31-38-24-11-22(33)26(12-27(24)46-31)45-19(5)18(4)39(32(42)43)20-7-8-23(34-14-20)30(41)36-13-17(3)40/h7-12,14-15,17-19,40H,6,13H2,1-5H3,(H,36,41)(H,42,43)/t17-,18+,19-/m0/s1. The number of anilines is 1. The van der Waals surface area contributed by atoms with E-state index < -0.39 is 36.1 Å². The van der Waals surface area contributed by atoms with Gasteiger partial charge in [-0.2, -0.15) is 0 Å². The van der Waals surface area contributed by atoms with Gasteiger partial charge in [-0.3, -0.25) is 9.69 Å². The molecule has 3 aromatic heterocycles. The predicted molar refractivity (Wildman–Crippen MR) is 172 cm³/mol. The molecule has 5 rings (SSSR count). The molecule has 0 bridgehead atoms. The van der Waals surface area contributed by atoms with Gasteiger partial charge in [-0.05, 0) is 64.4 Å². The average molecular weight is 649 g/mol. The van der Waals surface area contributed by atoms with Crippen molar-refractivity contribution in [3.05, 3.63) is 65.9 Å². The van der Waals surface area contributed by atoms with Gasteiger partial charge in [-0.25, -0.2) is 29.1 Å². The Balaban J connectivity index is 1.38. The summed E-state index contributed by atoms with van der Waals surface area (Å²) in [4.78, 5) is 43.4. The van der Waals surface area contributed by atoms with Gasteiger partial charge in [0.1, 0.15) is 16.8 Å². The van der Waals surface area contributed by atoms with Crippen molar-refractivity contribution in [3.63, 3.8) is 0 Å². The molecule has 0 radical (unpaired) electrons. The number of carbonyl (C=O) groups is 2. The molecule has 3 atom stereocenters. The number of benzene rings is 2. The first-order chi connectivity index (χ1) is 21.9. The number of halogens is 1. The number of ether oxygens (including phenoxy) is 2. The van der Waals surface area contributed by atoms with Crippen molar-refractivity contribution in [2.24, 2.45) is 0 Å². The van der Waals surface area contributed by atoms with E-state index in [2.05, 4.69) is 25.3 Å². The molecular formula is C32H33FN6O6S. The van der Waals surface area contributed by atoms with Crippen LogP contribution in [0.3, 0.4) is 0 Å². The number of aliphatic hydroxyl groups excluding tert-OH is 1. The maximum absolute atomic E-state index is 15.3. The molecule has 0 spiro atoms. The van der Waals surface area contributed by atoms with Crippen molar-refractivity contribution in [1.29, 1.82) is 0 Å². The molecule has 0 saturated heterocycles. The molecule has 46 heavy (non-hydrogen) atoms. The molecule has 0 fully saturated rings. The van der Waals surface area contributed by atoms with Crippen LogP contribution in [0.4, 0.5) is 14.9 Å². The van der Waals surface area contributed by atoms with Crippen molar-refractivity contribution in [3.8, 4) is 22.2 Å². The minimum Gasteiger partial charge on any atom is -0.485 e. The van der Waals surface area contributed by atoms with E-state index in [1.165, 1.54) is 42.7 Å². The Kier molecular flexibility index (Phi) is 9.58. The van der Waals surface area contributed by atoms with Gasteiger partial charge in [0.25, 0.3) is 5.91 Å². The van der Waals surface area contributed by atoms with Crippen LogP contribution >= 0.6 is 11.3 Å². The number of hydrogen-bond donors (Lipinski definition) is 3. The molecular weight excluding hydrogens is 615 g/mol. The fourth-order valence-corrected chi connectivity index (χ4v) is 5.78. The van der Waals surface area contributed by atoms with Gasteiger partial charge >= 0.3 is 6.09 Å². The van der Waals surface area contributed by atoms with Gasteiger partial charge in [-0.1, -0.05) is 0 Å². The lowest BCUT2D eigenvalue weighted by atomic mass is 10.1. The monoisotopic (exact) mass is 648 g/mol. The Labute approximate surface area is 267 Å². The molecule has 240 valence electrons. The molecule has 0 saturated carbocycles. The molecule has 14 heteroatoms. The maximum Gasteiger partial charge on any atom is 0.412 e. The van der Waals surface area contributed by atoms with Gasteiger partial charge in [0.2, 0.25) is 5.88 Å². The average Bonchev–Trinajstić information content (AvgIpc) is 3.42. The first-order valence-corrected chi connectivity index (χ1v) is 15.4. The minimum absolute atomic E-state index is 0.0494. The number of aromatic nitrogens is 4. The quantitative estimate of drug-likeness (QED) is 0.165. The zero-order valence-corrected chi connectivity index (χ0v) is 26.6. The zero-order chi connectivity index (χ0) is 33.1. The summed E-state index contributed by atoms with van der Waals surface area (Å²) in [5.41, 5.74) is 3.72. The fourth-order valence-electron chi connectivity index (χ4n) is 4.79. The third kappa shape index (κ3) is 6.97. The van der Waals surface area contributed by atoms with Gasteiger partial charge in [0, 0.05) is 24.2 Å². The van der Waals surface area contributed by atoms with Crippen LogP contribution in [-0.2, 0) is 0 Å². The molecule has 3 heterocycles. The highest BCUT2D eigenvalue weighted by molar-refractivity contribution is 7.21. The summed E-state index contributed by atoms with van der Waals surface area (Å²) in [5.74, 6) is -0.773. The van der Waals surface area contributed by atoms with E-state index in [1.807, 2.05) is 26.0 Å². The SMILES string of the molecule is CCOc1cnc2c(-c3nc4cc(F)c(O[C@@H](C)[C@@H](C)N(C(=O)O)c5ccc(C(=O)NC[C@H](C)O)nc5)cc4s3)cc(C)cc2n1. The summed E-state index contributed by atoms with van der Waals surface area (Å²) in [7, 11) is 0. The van der Waals surface area contributed by atoms with E-state index in [-0.39, 0.29) is 23.7 Å². The summed E-state index contributed by atoms with van der Waals surface area (Å²) < 4.78 is 27.5. The number of amides is 2. The molecule has 3 N–H and O–H groups in total. The Bertz CT molecular complexity index is 1900. The Morgan fingerprint density at radius 3 is 2.52 bits per heavy atom. The molecule has 0 aliphatic carbocycles. The lowest BCUT2D eigenvalue weighted by molar-refractivity contribution is 0.0919. The van der Waals surface area contributed by atoms with Crippen molar-refractivity contribution in [2.45, 2.75) is 52.9 Å². The van der Waals surface area contributed by atoms with E-state index in [9.17, 15) is 19.8 Å². The second-order valence-corrected chi connectivity index (χ2v) is 11.8. The van der Waals surface area contributed by atoms with Crippen LogP contribution in [0.1, 0.15) is 43.7 Å². The highest BCUT2D eigenvalue weighted by Gasteiger charge is 2.29. The van der Waals surface area contributed by atoms with Gasteiger partial charge in [0.15, 0.2) is 11.6 Å². The molecule has 0 aliphatic rings. The van der Waals surface area contributed by atoms with E-state index in [4.69, 9.17) is 9.47 Å². The Morgan fingerprint density at radius 2 is 1.85 bits per heavy atom. The Hall–Kier alpha value is -4.95. The second-order valence-electron chi connectivity index (χ2n) is 10.8. The van der Waals surface area contributed by atoms with E-state index in [0.717, 1.165) is 16.0 Å². The lowest BCUT2D eigenvalue weighted by Gasteiger charge is -2.31. The summed E-state index contributed by atoms with van der Waals surface area (Å²) in [6.07, 6.45) is 0.0284. The summed E-state index contributed by atoms with van der Waals surface area (Å²) in [6, 6.07) is 8.77. The number of nitrogens with zero attached hydrogens (tertiary/aromatic N) is 5. The molecule has 2 aromatic carbocycles. The predicted octanol–water partition coefficient (Wildman–Crippen LogP) is 5.60. The number of hydrogen-bond acceptors (Lipinski definition) is 10. The second kappa shape index (κ2) is 13.6. The first-order valence-electron chi connectivity index (χ1n) is 14.6. The molecule has 12 nitrogen and oxygen atoms in total. The normalized spacial score (nSPS) is 13.3. The molecule has 2 amide bonds. The lowest BCUT2D eigenvalue weighted by Crippen LogP contribution is -2.46. The molecule has 5 aromatic rings. The van der Waals surface area contributed by atoms with Crippen molar-refractivity contribution < 1.29 is 33.7 Å². The van der Waals surface area contributed by atoms with Crippen LogP contribution in [0, 0.1) is 12.7 Å². The van der Waals surface area contributed by atoms with Crippen LogP contribution in [0.2, 0.25) is 0 Å². The van der Waals surface area contributed by atoms with Crippen LogP contribution < -0.4 is 19.7 Å². The van der Waals surface area contributed by atoms with Crippen molar-refractivity contribution >= 4 is 50.3 Å². The summed E-state index contributed by atoms with van der Waals surface area (Å²) in [5, 5.41) is 22.6. The van der Waals surface area contributed by atoms with E-state index in [0.29, 0.717) is 38.7 Å². The fraction of sp³-hybridized carbons (Fsp3) is 0.312. The van der Waals surface area contributed by atoms with Crippen LogP contribution in [0.25, 0.3) is 31.8 Å². The Morgan fingerprint density at radius 1 is 1.07 bits per heavy atom. The van der Waals surface area contributed by atoms with Crippen molar-refractivity contribution in [1.82, 2.24) is 25.3 Å². The van der Waals surface area contributed by atoms with Crippen LogP contribution in [0.15, 0.2) is 48.8 Å². The number of aliphatic hydroxyl groups is 1. The number of fused-ring (bicyclic) bond motifs is 2.